The quantitative estimate of drug-likeness (QED) is 0.255. The number of nitrogens with zero attached hydrogens (tertiary/aromatic N) is 3. The SMILES string of the molecule is CCNC(=NCc1cccc(-c2ncn[nH]2)c1)NCC(C)c1cccc(C)c1.I. The highest BCUT2D eigenvalue weighted by Crippen LogP contribution is 2.17. The maximum Gasteiger partial charge on any atom is 0.191 e. The highest BCUT2D eigenvalue weighted by Gasteiger charge is 2.07. The molecule has 0 amide bonds. The summed E-state index contributed by atoms with van der Waals surface area (Å²) in [4.78, 5) is 8.95. The Kier molecular flexibility index (Phi) is 9.11. The monoisotopic (exact) mass is 504 g/mol. The number of benzene rings is 2. The van der Waals surface area contributed by atoms with Gasteiger partial charge in [-0.15, -0.1) is 24.0 Å². The smallest absolute Gasteiger partial charge is 0.191 e. The summed E-state index contributed by atoms with van der Waals surface area (Å²) in [7, 11) is 0. The van der Waals surface area contributed by atoms with Gasteiger partial charge in [-0.25, -0.2) is 9.98 Å². The third kappa shape index (κ3) is 6.85. The Morgan fingerprint density at radius 1 is 1.14 bits per heavy atom. The lowest BCUT2D eigenvalue weighted by Gasteiger charge is -2.16. The maximum atomic E-state index is 4.74. The average Bonchev–Trinajstić information content (AvgIpc) is 3.25. The third-order valence-corrected chi connectivity index (χ3v) is 4.57. The van der Waals surface area contributed by atoms with Crippen molar-refractivity contribution in [3.8, 4) is 11.4 Å². The van der Waals surface area contributed by atoms with E-state index in [4.69, 9.17) is 4.99 Å². The molecule has 1 aromatic heterocycles. The van der Waals surface area contributed by atoms with E-state index in [0.717, 1.165) is 36.0 Å². The number of aromatic amines is 1. The summed E-state index contributed by atoms with van der Waals surface area (Å²) < 4.78 is 0. The number of guanidine groups is 1. The van der Waals surface area contributed by atoms with Crippen molar-refractivity contribution in [1.29, 1.82) is 0 Å². The van der Waals surface area contributed by atoms with Gasteiger partial charge in [-0.1, -0.05) is 55.0 Å². The van der Waals surface area contributed by atoms with E-state index in [2.05, 4.69) is 83.0 Å². The molecule has 3 aromatic rings. The van der Waals surface area contributed by atoms with Crippen LogP contribution in [0.4, 0.5) is 0 Å². The molecule has 0 aliphatic rings. The van der Waals surface area contributed by atoms with Gasteiger partial charge < -0.3 is 10.6 Å². The molecule has 1 heterocycles. The molecule has 2 aromatic carbocycles. The first-order chi connectivity index (χ1) is 13.7. The minimum Gasteiger partial charge on any atom is -0.357 e. The Morgan fingerprint density at radius 3 is 2.69 bits per heavy atom. The van der Waals surface area contributed by atoms with E-state index < -0.39 is 0 Å². The largest absolute Gasteiger partial charge is 0.357 e. The number of hydrogen-bond donors (Lipinski definition) is 3. The molecule has 154 valence electrons. The fraction of sp³-hybridized carbons (Fsp3) is 0.318. The number of rotatable bonds is 7. The molecular formula is C22H29IN6. The van der Waals surface area contributed by atoms with Crippen LogP contribution in [0.3, 0.4) is 0 Å². The minimum atomic E-state index is 0. The molecule has 0 bridgehead atoms. The van der Waals surface area contributed by atoms with E-state index in [1.54, 1.807) is 0 Å². The third-order valence-electron chi connectivity index (χ3n) is 4.57. The van der Waals surface area contributed by atoms with Crippen molar-refractivity contribution >= 4 is 29.9 Å². The van der Waals surface area contributed by atoms with E-state index >= 15 is 0 Å². The summed E-state index contributed by atoms with van der Waals surface area (Å²) in [5.41, 5.74) is 4.76. The molecule has 1 atom stereocenters. The van der Waals surface area contributed by atoms with Crippen LogP contribution in [0.1, 0.15) is 36.5 Å². The van der Waals surface area contributed by atoms with Crippen LogP contribution in [0, 0.1) is 6.92 Å². The highest BCUT2D eigenvalue weighted by molar-refractivity contribution is 14.0. The van der Waals surface area contributed by atoms with Crippen LogP contribution in [-0.4, -0.2) is 34.2 Å². The van der Waals surface area contributed by atoms with Gasteiger partial charge in [0.2, 0.25) is 0 Å². The van der Waals surface area contributed by atoms with E-state index in [0.29, 0.717) is 12.5 Å². The van der Waals surface area contributed by atoms with E-state index in [9.17, 15) is 0 Å². The summed E-state index contributed by atoms with van der Waals surface area (Å²) in [6, 6.07) is 16.8. The molecule has 0 saturated carbocycles. The Balaban J connectivity index is 0.00000300. The summed E-state index contributed by atoms with van der Waals surface area (Å²) in [5, 5.41) is 13.6. The fourth-order valence-electron chi connectivity index (χ4n) is 3.02. The van der Waals surface area contributed by atoms with Gasteiger partial charge in [0.05, 0.1) is 6.54 Å². The van der Waals surface area contributed by atoms with Crippen LogP contribution < -0.4 is 10.6 Å². The molecule has 0 aliphatic heterocycles. The molecule has 0 saturated heterocycles. The number of nitrogens with one attached hydrogen (secondary N) is 3. The summed E-state index contributed by atoms with van der Waals surface area (Å²) in [6.45, 7) is 8.67. The topological polar surface area (TPSA) is 78.0 Å². The second-order valence-electron chi connectivity index (χ2n) is 6.93. The van der Waals surface area contributed by atoms with Crippen LogP contribution in [0.15, 0.2) is 59.9 Å². The lowest BCUT2D eigenvalue weighted by molar-refractivity contribution is 0.699. The lowest BCUT2D eigenvalue weighted by Crippen LogP contribution is -2.39. The number of halogens is 1. The maximum absolute atomic E-state index is 4.74. The van der Waals surface area contributed by atoms with Gasteiger partial charge >= 0.3 is 0 Å². The lowest BCUT2D eigenvalue weighted by atomic mass is 9.99. The van der Waals surface area contributed by atoms with Crippen molar-refractivity contribution < 1.29 is 0 Å². The predicted octanol–water partition coefficient (Wildman–Crippen LogP) is 4.26. The molecule has 3 rings (SSSR count). The Morgan fingerprint density at radius 2 is 1.97 bits per heavy atom. The van der Waals surface area contributed by atoms with Crippen LogP contribution in [0.25, 0.3) is 11.4 Å². The number of aliphatic imine (C=N–C) groups is 1. The van der Waals surface area contributed by atoms with Crippen molar-refractivity contribution in [3.63, 3.8) is 0 Å². The fourth-order valence-corrected chi connectivity index (χ4v) is 3.02. The van der Waals surface area contributed by atoms with Gasteiger partial charge in [0, 0.05) is 18.7 Å². The average molecular weight is 504 g/mol. The first-order valence-electron chi connectivity index (χ1n) is 9.69. The number of aromatic nitrogens is 3. The summed E-state index contributed by atoms with van der Waals surface area (Å²) in [6.07, 6.45) is 1.52. The standard InChI is InChI=1S/C22H28N6.HI/c1-4-23-22(24-13-17(3)19-9-5-7-16(2)11-19)25-14-18-8-6-10-20(12-18)21-26-15-27-28-21;/h5-12,15,17H,4,13-14H2,1-3H3,(H2,23,24,25)(H,26,27,28);1H. The van der Waals surface area contributed by atoms with Gasteiger partial charge in [-0.05, 0) is 37.0 Å². The second-order valence-corrected chi connectivity index (χ2v) is 6.93. The zero-order valence-electron chi connectivity index (χ0n) is 17.1. The zero-order chi connectivity index (χ0) is 19.8. The first-order valence-corrected chi connectivity index (χ1v) is 9.69. The first kappa shape index (κ1) is 22.9. The van der Waals surface area contributed by atoms with Crippen LogP contribution in [0.5, 0.6) is 0 Å². The van der Waals surface area contributed by atoms with E-state index in [1.165, 1.54) is 17.5 Å². The number of aryl methyl sites for hydroxylation is 1. The molecule has 29 heavy (non-hydrogen) atoms. The molecule has 0 radical (unpaired) electrons. The van der Waals surface area contributed by atoms with Gasteiger partial charge in [-0.2, -0.15) is 5.10 Å². The van der Waals surface area contributed by atoms with Gasteiger partial charge in [0.25, 0.3) is 0 Å². The molecular weight excluding hydrogens is 475 g/mol. The Labute approximate surface area is 189 Å². The highest BCUT2D eigenvalue weighted by atomic mass is 127. The van der Waals surface area contributed by atoms with Crippen molar-refractivity contribution in [3.05, 3.63) is 71.5 Å². The molecule has 0 fully saturated rings. The van der Waals surface area contributed by atoms with Crippen LogP contribution in [-0.2, 0) is 6.54 Å². The molecule has 6 nitrogen and oxygen atoms in total. The molecule has 0 aliphatic carbocycles. The molecule has 0 spiro atoms. The van der Waals surface area contributed by atoms with Crippen molar-refractivity contribution in [2.45, 2.75) is 33.2 Å². The number of hydrogen-bond acceptors (Lipinski definition) is 3. The van der Waals surface area contributed by atoms with E-state index in [1.807, 2.05) is 12.1 Å². The second kappa shape index (κ2) is 11.5. The number of H-pyrrole nitrogens is 1. The van der Waals surface area contributed by atoms with Crippen LogP contribution in [0.2, 0.25) is 0 Å². The van der Waals surface area contributed by atoms with E-state index in [-0.39, 0.29) is 24.0 Å². The molecule has 1 unspecified atom stereocenters. The van der Waals surface area contributed by atoms with Gasteiger partial charge in [-0.3, -0.25) is 5.10 Å². The summed E-state index contributed by atoms with van der Waals surface area (Å²) >= 11 is 0. The Bertz CT molecular complexity index is 907. The molecule has 7 heteroatoms. The zero-order valence-corrected chi connectivity index (χ0v) is 19.5. The van der Waals surface area contributed by atoms with Crippen LogP contribution >= 0.6 is 24.0 Å². The van der Waals surface area contributed by atoms with Crippen molar-refractivity contribution in [2.24, 2.45) is 4.99 Å². The molecule has 3 N–H and O–H groups in total. The normalized spacial score (nSPS) is 12.2. The summed E-state index contributed by atoms with van der Waals surface area (Å²) in [5.74, 6) is 1.99. The van der Waals surface area contributed by atoms with Gasteiger partial charge in [0.15, 0.2) is 11.8 Å². The van der Waals surface area contributed by atoms with Gasteiger partial charge in [0.1, 0.15) is 6.33 Å². The van der Waals surface area contributed by atoms with Crippen molar-refractivity contribution in [2.75, 3.05) is 13.1 Å². The van der Waals surface area contributed by atoms with Crippen molar-refractivity contribution in [1.82, 2.24) is 25.8 Å². The minimum absolute atomic E-state index is 0. The Hall–Kier alpha value is -2.42. The predicted molar refractivity (Wildman–Crippen MR) is 130 cm³/mol.